The number of aliphatic hydroxyl groups excluding tert-OH is 1. The third kappa shape index (κ3) is 3.64. The summed E-state index contributed by atoms with van der Waals surface area (Å²) in [5.74, 6) is 2.10. The van der Waals surface area contributed by atoms with Gasteiger partial charge in [0.15, 0.2) is 0 Å². The SMILES string of the molecule is O=S1CCc2nc(N3CCC(c4ccc(F)cc4)CC3)nc(NC3(CO)CC3)c21. The average Bonchev–Trinajstić information content (AvgIpc) is 3.42. The summed E-state index contributed by atoms with van der Waals surface area (Å²) < 4.78 is 25.7. The fourth-order valence-electron chi connectivity index (χ4n) is 4.28. The number of benzene rings is 1. The molecule has 1 aliphatic carbocycles. The summed E-state index contributed by atoms with van der Waals surface area (Å²) in [5, 5.41) is 13.1. The van der Waals surface area contributed by atoms with Gasteiger partial charge >= 0.3 is 0 Å². The molecule has 1 saturated heterocycles. The van der Waals surface area contributed by atoms with E-state index in [0.717, 1.165) is 49.4 Å². The Hall–Kier alpha value is -2.06. The molecule has 154 valence electrons. The monoisotopic (exact) mass is 416 g/mol. The van der Waals surface area contributed by atoms with Crippen LogP contribution in [0.15, 0.2) is 29.2 Å². The van der Waals surface area contributed by atoms with E-state index in [0.29, 0.717) is 29.9 Å². The number of piperidine rings is 1. The van der Waals surface area contributed by atoms with Crippen LogP contribution in [0.4, 0.5) is 16.2 Å². The minimum Gasteiger partial charge on any atom is -0.394 e. The summed E-state index contributed by atoms with van der Waals surface area (Å²) in [4.78, 5) is 12.4. The maximum atomic E-state index is 13.2. The van der Waals surface area contributed by atoms with Crippen molar-refractivity contribution in [1.29, 1.82) is 0 Å². The number of aliphatic hydroxyl groups is 1. The molecule has 0 bridgehead atoms. The summed E-state index contributed by atoms with van der Waals surface area (Å²) in [5.41, 5.74) is 1.73. The molecule has 1 unspecified atom stereocenters. The number of halogens is 1. The molecule has 8 heteroatoms. The highest BCUT2D eigenvalue weighted by Crippen LogP contribution is 2.41. The molecular weight excluding hydrogens is 391 g/mol. The van der Waals surface area contributed by atoms with Crippen molar-refractivity contribution < 1.29 is 13.7 Å². The zero-order valence-electron chi connectivity index (χ0n) is 16.2. The molecule has 1 atom stereocenters. The molecule has 2 aliphatic heterocycles. The maximum Gasteiger partial charge on any atom is 0.227 e. The summed E-state index contributed by atoms with van der Waals surface area (Å²) in [6, 6.07) is 6.81. The maximum absolute atomic E-state index is 13.2. The third-order valence-electron chi connectivity index (χ3n) is 6.33. The fourth-order valence-corrected chi connectivity index (χ4v) is 5.59. The Kier molecular flexibility index (Phi) is 4.78. The van der Waals surface area contributed by atoms with E-state index in [1.807, 2.05) is 12.1 Å². The van der Waals surface area contributed by atoms with Crippen molar-refractivity contribution in [3.05, 3.63) is 41.3 Å². The van der Waals surface area contributed by atoms with Gasteiger partial charge in [0, 0.05) is 25.3 Å². The highest BCUT2D eigenvalue weighted by molar-refractivity contribution is 7.85. The number of nitrogens with zero attached hydrogens (tertiary/aromatic N) is 3. The largest absolute Gasteiger partial charge is 0.394 e. The van der Waals surface area contributed by atoms with Crippen molar-refractivity contribution >= 4 is 22.6 Å². The number of aromatic nitrogens is 2. The molecule has 2 aromatic rings. The van der Waals surface area contributed by atoms with Crippen LogP contribution in [-0.2, 0) is 17.2 Å². The zero-order valence-corrected chi connectivity index (χ0v) is 17.1. The van der Waals surface area contributed by atoms with Crippen LogP contribution in [0.3, 0.4) is 0 Å². The molecule has 0 radical (unpaired) electrons. The van der Waals surface area contributed by atoms with Gasteiger partial charge in [-0.25, -0.2) is 9.37 Å². The van der Waals surface area contributed by atoms with Crippen LogP contribution in [0.1, 0.15) is 42.9 Å². The van der Waals surface area contributed by atoms with Crippen molar-refractivity contribution in [3.63, 3.8) is 0 Å². The smallest absolute Gasteiger partial charge is 0.227 e. The van der Waals surface area contributed by atoms with Crippen LogP contribution < -0.4 is 10.2 Å². The van der Waals surface area contributed by atoms with Gasteiger partial charge < -0.3 is 15.3 Å². The Morgan fingerprint density at radius 1 is 1.21 bits per heavy atom. The van der Waals surface area contributed by atoms with Crippen molar-refractivity contribution in [2.75, 3.05) is 35.7 Å². The van der Waals surface area contributed by atoms with Crippen LogP contribution >= 0.6 is 0 Å². The second-order valence-electron chi connectivity index (χ2n) is 8.32. The highest BCUT2D eigenvalue weighted by atomic mass is 32.2. The van der Waals surface area contributed by atoms with Gasteiger partial charge in [-0.15, -0.1) is 0 Å². The first kappa shape index (κ1) is 18.9. The molecule has 6 nitrogen and oxygen atoms in total. The lowest BCUT2D eigenvalue weighted by Crippen LogP contribution is -2.35. The van der Waals surface area contributed by atoms with Crippen LogP contribution in [-0.4, -0.2) is 50.3 Å². The number of hydrogen-bond donors (Lipinski definition) is 2. The third-order valence-corrected chi connectivity index (χ3v) is 7.79. The molecular formula is C21H25FN4O2S. The molecule has 1 saturated carbocycles. The Balaban J connectivity index is 1.36. The number of rotatable bonds is 5. The van der Waals surface area contributed by atoms with Crippen LogP contribution in [0, 0.1) is 5.82 Å². The van der Waals surface area contributed by atoms with E-state index in [1.165, 1.54) is 17.7 Å². The minimum atomic E-state index is -1.08. The van der Waals surface area contributed by atoms with Gasteiger partial charge in [-0.05, 0) is 49.3 Å². The van der Waals surface area contributed by atoms with Gasteiger partial charge in [-0.3, -0.25) is 4.21 Å². The molecule has 0 spiro atoms. The first-order valence-electron chi connectivity index (χ1n) is 10.3. The lowest BCUT2D eigenvalue weighted by Gasteiger charge is -2.33. The van der Waals surface area contributed by atoms with Gasteiger partial charge in [-0.2, -0.15) is 4.98 Å². The first-order valence-corrected chi connectivity index (χ1v) is 11.6. The van der Waals surface area contributed by atoms with E-state index in [-0.39, 0.29) is 18.0 Å². The molecule has 5 rings (SSSR count). The topological polar surface area (TPSA) is 78.4 Å². The van der Waals surface area contributed by atoms with E-state index in [4.69, 9.17) is 9.97 Å². The summed E-state index contributed by atoms with van der Waals surface area (Å²) in [6.07, 6.45) is 4.41. The summed E-state index contributed by atoms with van der Waals surface area (Å²) in [6.45, 7) is 1.71. The number of nitrogens with one attached hydrogen (secondary N) is 1. The van der Waals surface area contributed by atoms with E-state index in [2.05, 4.69) is 10.2 Å². The molecule has 1 aromatic carbocycles. The van der Waals surface area contributed by atoms with E-state index in [9.17, 15) is 13.7 Å². The molecule has 3 heterocycles. The lowest BCUT2D eigenvalue weighted by atomic mass is 9.89. The quantitative estimate of drug-likeness (QED) is 0.780. The highest BCUT2D eigenvalue weighted by Gasteiger charge is 2.44. The summed E-state index contributed by atoms with van der Waals surface area (Å²) >= 11 is 0. The van der Waals surface area contributed by atoms with Crippen molar-refractivity contribution in [1.82, 2.24) is 9.97 Å². The van der Waals surface area contributed by atoms with Crippen molar-refractivity contribution in [3.8, 4) is 0 Å². The van der Waals surface area contributed by atoms with Crippen molar-refractivity contribution in [2.24, 2.45) is 0 Å². The molecule has 0 amide bonds. The number of anilines is 2. The van der Waals surface area contributed by atoms with Gasteiger partial charge in [0.25, 0.3) is 0 Å². The molecule has 1 aromatic heterocycles. The molecule has 2 fully saturated rings. The zero-order chi connectivity index (χ0) is 20.0. The van der Waals surface area contributed by atoms with E-state index in [1.54, 1.807) is 0 Å². The molecule has 2 N–H and O–H groups in total. The number of hydrogen-bond acceptors (Lipinski definition) is 6. The lowest BCUT2D eigenvalue weighted by molar-refractivity contribution is 0.265. The van der Waals surface area contributed by atoms with Crippen LogP contribution in [0.2, 0.25) is 0 Å². The van der Waals surface area contributed by atoms with Crippen molar-refractivity contribution in [2.45, 2.75) is 48.5 Å². The predicted octanol–water partition coefficient (Wildman–Crippen LogP) is 2.60. The first-order chi connectivity index (χ1) is 14.1. The Bertz CT molecular complexity index is 940. The Morgan fingerprint density at radius 3 is 2.59 bits per heavy atom. The predicted molar refractivity (Wildman–Crippen MR) is 110 cm³/mol. The van der Waals surface area contributed by atoms with E-state index < -0.39 is 10.8 Å². The minimum absolute atomic E-state index is 0.0524. The van der Waals surface area contributed by atoms with Gasteiger partial charge in [-0.1, -0.05) is 12.1 Å². The van der Waals surface area contributed by atoms with Gasteiger partial charge in [0.05, 0.1) is 28.6 Å². The number of aryl methyl sites for hydroxylation is 1. The standard InChI is InChI=1S/C21H25FN4O2S/c22-16-3-1-14(2-4-16)15-5-10-26(11-6-15)20-23-17-7-12-29(28)18(17)19(24-20)25-21(13-27)8-9-21/h1-4,15,27H,5-13H2,(H,23,24,25). The van der Waals surface area contributed by atoms with Gasteiger partial charge in [0.2, 0.25) is 5.95 Å². The second kappa shape index (κ2) is 7.32. The van der Waals surface area contributed by atoms with Gasteiger partial charge in [0.1, 0.15) is 16.5 Å². The van der Waals surface area contributed by atoms with E-state index >= 15 is 0 Å². The Morgan fingerprint density at radius 2 is 1.93 bits per heavy atom. The molecule has 29 heavy (non-hydrogen) atoms. The summed E-state index contributed by atoms with van der Waals surface area (Å²) in [7, 11) is -1.08. The number of fused-ring (bicyclic) bond motifs is 1. The van der Waals surface area contributed by atoms with Crippen LogP contribution in [0.5, 0.6) is 0 Å². The normalized spacial score (nSPS) is 23.1. The fraction of sp³-hybridized carbons (Fsp3) is 0.524. The molecule has 3 aliphatic rings. The second-order valence-corrected chi connectivity index (χ2v) is 9.83. The van der Waals surface area contributed by atoms with Crippen LogP contribution in [0.25, 0.3) is 0 Å². The average molecular weight is 417 g/mol. The Labute approximate surface area is 172 Å².